The first-order valence-corrected chi connectivity index (χ1v) is 8.12. The summed E-state index contributed by atoms with van der Waals surface area (Å²) in [4.78, 5) is 11.3. The Morgan fingerprint density at radius 3 is 2.65 bits per heavy atom. The number of hydrogen-bond donors (Lipinski definition) is 1. The predicted octanol–water partition coefficient (Wildman–Crippen LogP) is 1.69. The average Bonchev–Trinajstić information content (AvgIpc) is 2.39. The highest BCUT2D eigenvalue weighted by Gasteiger charge is 2.25. The number of halogens is 1. The highest BCUT2D eigenvalue weighted by Crippen LogP contribution is 2.27. The van der Waals surface area contributed by atoms with Crippen molar-refractivity contribution in [2.24, 2.45) is 0 Å². The molecule has 0 bridgehead atoms. The highest BCUT2D eigenvalue weighted by molar-refractivity contribution is 9.10. The van der Waals surface area contributed by atoms with Gasteiger partial charge in [0, 0.05) is 4.47 Å². The molecular formula is C12H16BrNO5S. The van der Waals surface area contributed by atoms with Crippen LogP contribution in [0.3, 0.4) is 0 Å². The minimum atomic E-state index is -3.90. The first-order valence-electron chi connectivity index (χ1n) is 5.84. The summed E-state index contributed by atoms with van der Waals surface area (Å²) < 4.78 is 37.2. The van der Waals surface area contributed by atoms with Gasteiger partial charge >= 0.3 is 5.97 Å². The Bertz CT molecular complexity index is 588. The lowest BCUT2D eigenvalue weighted by molar-refractivity contribution is -0.142. The van der Waals surface area contributed by atoms with Crippen molar-refractivity contribution in [3.63, 3.8) is 0 Å². The molecule has 6 nitrogen and oxygen atoms in total. The molecule has 0 aliphatic heterocycles. The van der Waals surface area contributed by atoms with E-state index in [1.807, 2.05) is 0 Å². The molecule has 0 fully saturated rings. The summed E-state index contributed by atoms with van der Waals surface area (Å²) >= 11 is 3.21. The normalized spacial score (nSPS) is 12.8. The van der Waals surface area contributed by atoms with Crippen LogP contribution >= 0.6 is 15.9 Å². The second-order valence-corrected chi connectivity index (χ2v) is 6.49. The molecule has 1 aromatic rings. The lowest BCUT2D eigenvalue weighted by atomic mass is 10.3. The zero-order chi connectivity index (χ0) is 15.3. The summed E-state index contributed by atoms with van der Waals surface area (Å²) in [5.41, 5.74) is 0. The lowest BCUT2D eigenvalue weighted by Crippen LogP contribution is -2.39. The Balaban J connectivity index is 3.14. The van der Waals surface area contributed by atoms with Crippen molar-refractivity contribution in [1.29, 1.82) is 0 Å². The second-order valence-electron chi connectivity index (χ2n) is 3.89. The predicted molar refractivity (Wildman–Crippen MR) is 77.1 cm³/mol. The molecule has 0 spiro atoms. The van der Waals surface area contributed by atoms with Gasteiger partial charge in [-0.1, -0.05) is 15.9 Å². The van der Waals surface area contributed by atoms with Gasteiger partial charge in [-0.3, -0.25) is 4.79 Å². The molecular weight excluding hydrogens is 350 g/mol. The van der Waals surface area contributed by atoms with Gasteiger partial charge in [-0.2, -0.15) is 4.72 Å². The molecule has 1 unspecified atom stereocenters. The van der Waals surface area contributed by atoms with E-state index < -0.39 is 22.0 Å². The van der Waals surface area contributed by atoms with Gasteiger partial charge in [-0.15, -0.1) is 0 Å². The van der Waals surface area contributed by atoms with Gasteiger partial charge in [0.05, 0.1) is 13.7 Å². The van der Waals surface area contributed by atoms with Gasteiger partial charge in [0.2, 0.25) is 10.0 Å². The van der Waals surface area contributed by atoms with E-state index in [2.05, 4.69) is 25.4 Å². The van der Waals surface area contributed by atoms with Crippen molar-refractivity contribution < 1.29 is 22.7 Å². The van der Waals surface area contributed by atoms with E-state index >= 15 is 0 Å². The van der Waals surface area contributed by atoms with Crippen molar-refractivity contribution in [3.8, 4) is 5.75 Å². The van der Waals surface area contributed by atoms with Crippen LogP contribution in [0.5, 0.6) is 5.75 Å². The highest BCUT2D eigenvalue weighted by atomic mass is 79.9. The lowest BCUT2D eigenvalue weighted by Gasteiger charge is -2.15. The first kappa shape index (κ1) is 16.9. The van der Waals surface area contributed by atoms with Crippen LogP contribution in [0.1, 0.15) is 13.8 Å². The SMILES string of the molecule is CCOc1ccc(Br)cc1S(=O)(=O)NC(C)C(=O)OC. The number of nitrogens with one attached hydrogen (secondary N) is 1. The van der Waals surface area contributed by atoms with E-state index in [0.29, 0.717) is 11.1 Å². The summed E-state index contributed by atoms with van der Waals surface area (Å²) in [6.45, 7) is 3.49. The average molecular weight is 366 g/mol. The van der Waals surface area contributed by atoms with E-state index in [-0.39, 0.29) is 10.6 Å². The molecule has 112 valence electrons. The Kier molecular flexibility index (Phi) is 5.97. The molecule has 1 N–H and O–H groups in total. The van der Waals surface area contributed by atoms with E-state index in [1.54, 1.807) is 19.1 Å². The number of sulfonamides is 1. The van der Waals surface area contributed by atoms with E-state index in [0.717, 1.165) is 0 Å². The minimum Gasteiger partial charge on any atom is -0.492 e. The van der Waals surface area contributed by atoms with Gasteiger partial charge < -0.3 is 9.47 Å². The molecule has 0 aliphatic rings. The minimum absolute atomic E-state index is 0.0375. The number of hydrogen-bond acceptors (Lipinski definition) is 5. The Labute approximate surface area is 126 Å². The van der Waals surface area contributed by atoms with E-state index in [9.17, 15) is 13.2 Å². The molecule has 20 heavy (non-hydrogen) atoms. The molecule has 0 aliphatic carbocycles. The number of benzene rings is 1. The quantitative estimate of drug-likeness (QED) is 0.775. The fourth-order valence-electron chi connectivity index (χ4n) is 1.49. The third kappa shape index (κ3) is 4.19. The third-order valence-corrected chi connectivity index (χ3v) is 4.44. The summed E-state index contributed by atoms with van der Waals surface area (Å²) in [7, 11) is -2.70. The van der Waals surface area contributed by atoms with Crippen LogP contribution in [0, 0.1) is 0 Å². The van der Waals surface area contributed by atoms with Crippen molar-refractivity contribution in [2.75, 3.05) is 13.7 Å². The van der Waals surface area contributed by atoms with Crippen LogP contribution in [-0.2, 0) is 19.6 Å². The number of rotatable bonds is 6. The zero-order valence-electron chi connectivity index (χ0n) is 11.3. The first-order chi connectivity index (χ1) is 9.31. The number of ether oxygens (including phenoxy) is 2. The standard InChI is InChI=1S/C12H16BrNO5S/c1-4-19-10-6-5-9(13)7-11(10)20(16,17)14-8(2)12(15)18-3/h5-8,14H,4H2,1-3H3. The second kappa shape index (κ2) is 7.05. The maximum absolute atomic E-state index is 12.3. The largest absolute Gasteiger partial charge is 0.492 e. The molecule has 1 atom stereocenters. The van der Waals surface area contributed by atoms with Crippen LogP contribution in [0.15, 0.2) is 27.6 Å². The summed E-state index contributed by atoms with van der Waals surface area (Å²) in [6.07, 6.45) is 0. The van der Waals surface area contributed by atoms with Crippen LogP contribution in [0.4, 0.5) is 0 Å². The van der Waals surface area contributed by atoms with Crippen molar-refractivity contribution in [3.05, 3.63) is 22.7 Å². The molecule has 0 heterocycles. The summed E-state index contributed by atoms with van der Waals surface area (Å²) in [5.74, 6) is -0.443. The smallest absolute Gasteiger partial charge is 0.323 e. The molecule has 8 heteroatoms. The molecule has 0 amide bonds. The molecule has 1 aromatic carbocycles. The Hall–Kier alpha value is -1.12. The van der Waals surface area contributed by atoms with Gasteiger partial charge in [0.15, 0.2) is 0 Å². The molecule has 1 rings (SSSR count). The molecule has 0 saturated heterocycles. The van der Waals surface area contributed by atoms with Crippen LogP contribution in [0.25, 0.3) is 0 Å². The maximum Gasteiger partial charge on any atom is 0.323 e. The fraction of sp³-hybridized carbons (Fsp3) is 0.417. The van der Waals surface area contributed by atoms with Gasteiger partial charge in [0.1, 0.15) is 16.7 Å². The van der Waals surface area contributed by atoms with Gasteiger partial charge in [0.25, 0.3) is 0 Å². The number of carbonyl (C=O) groups is 1. The van der Waals surface area contributed by atoms with Crippen LogP contribution in [-0.4, -0.2) is 34.1 Å². The van der Waals surface area contributed by atoms with Crippen LogP contribution in [0.2, 0.25) is 0 Å². The van der Waals surface area contributed by atoms with Crippen LogP contribution < -0.4 is 9.46 Å². The summed E-state index contributed by atoms with van der Waals surface area (Å²) in [6, 6.07) is 3.65. The van der Waals surface area contributed by atoms with Gasteiger partial charge in [-0.05, 0) is 32.0 Å². The number of carbonyl (C=O) groups excluding carboxylic acids is 1. The third-order valence-electron chi connectivity index (χ3n) is 2.38. The topological polar surface area (TPSA) is 81.7 Å². The maximum atomic E-state index is 12.3. The Morgan fingerprint density at radius 1 is 1.45 bits per heavy atom. The number of methoxy groups -OCH3 is 1. The van der Waals surface area contributed by atoms with E-state index in [4.69, 9.17) is 4.74 Å². The molecule has 0 saturated carbocycles. The zero-order valence-corrected chi connectivity index (χ0v) is 13.7. The van der Waals surface area contributed by atoms with E-state index in [1.165, 1.54) is 20.1 Å². The monoisotopic (exact) mass is 365 g/mol. The van der Waals surface area contributed by atoms with Crippen molar-refractivity contribution in [1.82, 2.24) is 4.72 Å². The number of esters is 1. The Morgan fingerprint density at radius 2 is 2.10 bits per heavy atom. The fourth-order valence-corrected chi connectivity index (χ4v) is 3.36. The summed E-state index contributed by atoms with van der Waals surface area (Å²) in [5, 5.41) is 0. The van der Waals surface area contributed by atoms with Gasteiger partial charge in [-0.25, -0.2) is 8.42 Å². The molecule has 0 aromatic heterocycles. The van der Waals surface area contributed by atoms with Crippen molar-refractivity contribution in [2.45, 2.75) is 24.8 Å². The molecule has 0 radical (unpaired) electrons. The van der Waals surface area contributed by atoms with Crippen molar-refractivity contribution >= 4 is 31.9 Å².